The summed E-state index contributed by atoms with van der Waals surface area (Å²) in [5.41, 5.74) is 14.4. The van der Waals surface area contributed by atoms with Crippen LogP contribution in [0.4, 0.5) is 27.9 Å². The van der Waals surface area contributed by atoms with Gasteiger partial charge >= 0.3 is 6.03 Å². The summed E-state index contributed by atoms with van der Waals surface area (Å²) in [4.78, 5) is 53.3. The number of aromatic nitrogens is 2. The maximum Gasteiger partial charge on any atom is 0.323 e. The molecule has 2 unspecified atom stereocenters. The van der Waals surface area contributed by atoms with Crippen molar-refractivity contribution in [2.24, 2.45) is 17.4 Å². The number of benzene rings is 2. The van der Waals surface area contributed by atoms with Crippen LogP contribution in [0.15, 0.2) is 54.6 Å². The number of nitrogens with two attached hydrogens (primary N) is 2. The smallest absolute Gasteiger partial charge is 0.323 e. The van der Waals surface area contributed by atoms with Crippen molar-refractivity contribution in [2.45, 2.75) is 18.9 Å². The summed E-state index contributed by atoms with van der Waals surface area (Å²) in [6.45, 7) is 5.97. The van der Waals surface area contributed by atoms with E-state index in [0.717, 1.165) is 30.2 Å². The van der Waals surface area contributed by atoms with E-state index in [1.54, 1.807) is 24.3 Å². The molecule has 4 heterocycles. The van der Waals surface area contributed by atoms with E-state index in [1.807, 2.05) is 30.3 Å². The maximum absolute atomic E-state index is 13.4. The highest BCUT2D eigenvalue weighted by Gasteiger charge is 2.31. The van der Waals surface area contributed by atoms with E-state index in [1.165, 1.54) is 4.90 Å². The first-order valence-electron chi connectivity index (χ1n) is 15.3. The number of morpholine rings is 2. The topological polar surface area (TPSA) is 169 Å². The van der Waals surface area contributed by atoms with E-state index >= 15 is 0 Å². The lowest BCUT2D eigenvalue weighted by Crippen LogP contribution is -2.48. The summed E-state index contributed by atoms with van der Waals surface area (Å²) in [6.07, 6.45) is 0.931. The molecule has 2 aromatic carbocycles. The predicted octanol–water partition coefficient (Wildman–Crippen LogP) is 2.07. The molecule has 0 aliphatic carbocycles. The Morgan fingerprint density at radius 1 is 0.844 bits per heavy atom. The molecule has 13 heteroatoms. The molecule has 0 spiro atoms. The zero-order valence-corrected chi connectivity index (χ0v) is 25.1. The highest BCUT2D eigenvalue weighted by molar-refractivity contribution is 6.02. The normalized spacial score (nSPS) is 20.4. The second-order valence-corrected chi connectivity index (χ2v) is 11.4. The van der Waals surface area contributed by atoms with E-state index in [0.29, 0.717) is 81.8 Å². The summed E-state index contributed by atoms with van der Waals surface area (Å²) in [6, 6.07) is 15.0. The number of primary amides is 2. The van der Waals surface area contributed by atoms with Gasteiger partial charge in [0.2, 0.25) is 11.9 Å². The van der Waals surface area contributed by atoms with Gasteiger partial charge in [-0.2, -0.15) is 4.98 Å². The number of amides is 3. The van der Waals surface area contributed by atoms with Gasteiger partial charge in [-0.05, 0) is 43.7 Å². The van der Waals surface area contributed by atoms with Crippen LogP contribution in [0.25, 0.3) is 11.3 Å². The molecule has 3 amide bonds. The van der Waals surface area contributed by atoms with E-state index in [4.69, 9.17) is 30.9 Å². The first-order valence-corrected chi connectivity index (χ1v) is 15.3. The average Bonchev–Trinajstić information content (AvgIpc) is 3.09. The Labute approximate surface area is 261 Å². The number of nitrogens with zero attached hydrogens (tertiary/aromatic N) is 5. The van der Waals surface area contributed by atoms with E-state index in [9.17, 15) is 14.4 Å². The van der Waals surface area contributed by atoms with Gasteiger partial charge in [0.25, 0.3) is 0 Å². The molecule has 3 aromatic rings. The molecule has 6 rings (SSSR count). The van der Waals surface area contributed by atoms with E-state index in [-0.39, 0.29) is 11.7 Å². The molecular formula is C32H38N8O5. The summed E-state index contributed by atoms with van der Waals surface area (Å²) in [5, 5.41) is 3.06. The fraction of sp³-hybridized carbons (Fsp3) is 0.406. The molecular weight excluding hydrogens is 576 g/mol. The number of piperidine rings is 1. The molecule has 1 aromatic heterocycles. The Hall–Kier alpha value is -4.59. The molecule has 5 N–H and O–H groups in total. The summed E-state index contributed by atoms with van der Waals surface area (Å²) >= 11 is 0. The Balaban J connectivity index is 1.27. The van der Waals surface area contributed by atoms with Crippen molar-refractivity contribution in [1.82, 2.24) is 15.3 Å². The third-order valence-electron chi connectivity index (χ3n) is 8.48. The third kappa shape index (κ3) is 6.90. The fourth-order valence-electron chi connectivity index (χ4n) is 6.02. The van der Waals surface area contributed by atoms with Crippen molar-refractivity contribution in [1.29, 1.82) is 0 Å². The number of hydrogen-bond acceptors (Lipinski definition) is 10. The number of hydrogen-bond donors (Lipinski definition) is 3. The summed E-state index contributed by atoms with van der Waals surface area (Å²) in [5.74, 6) is 0.571. The minimum atomic E-state index is -0.686. The van der Waals surface area contributed by atoms with Gasteiger partial charge in [0.1, 0.15) is 5.82 Å². The van der Waals surface area contributed by atoms with Gasteiger partial charge in [0, 0.05) is 49.3 Å². The molecule has 3 aliphatic heterocycles. The predicted molar refractivity (Wildman–Crippen MR) is 170 cm³/mol. The zero-order valence-electron chi connectivity index (χ0n) is 25.1. The lowest BCUT2D eigenvalue weighted by Gasteiger charge is -2.31. The highest BCUT2D eigenvalue weighted by atomic mass is 16.5. The number of carbonyl (C=O) groups is 3. The molecule has 2 atom stereocenters. The molecule has 236 valence electrons. The number of ketones is 1. The molecule has 0 saturated carbocycles. The Morgan fingerprint density at radius 2 is 1.53 bits per heavy atom. The van der Waals surface area contributed by atoms with Gasteiger partial charge in [0.15, 0.2) is 5.78 Å². The monoisotopic (exact) mass is 614 g/mol. The summed E-state index contributed by atoms with van der Waals surface area (Å²) < 4.78 is 11.1. The number of carbonyl (C=O) groups excluding carboxylic acids is 3. The molecule has 3 saturated heterocycles. The third-order valence-corrected chi connectivity index (χ3v) is 8.48. The standard InChI is InChI=1S/C32H38N8O5/c33-30(42)27-19-23(8-9-35-27)29(41)22-2-1-3-25(18-22)40(31(34)43)24-6-4-21(5-7-24)26-20-28(38-10-14-44-15-11-38)37-32(36-26)39-12-16-45-17-13-39/h1-7,18,20,23,27,35H,8-17,19H2,(H2,33,42)(H2,34,43). The number of rotatable bonds is 8. The van der Waals surface area contributed by atoms with Crippen LogP contribution in [0.5, 0.6) is 0 Å². The summed E-state index contributed by atoms with van der Waals surface area (Å²) in [7, 11) is 0. The Bertz CT molecular complexity index is 1500. The largest absolute Gasteiger partial charge is 0.378 e. The average molecular weight is 615 g/mol. The minimum Gasteiger partial charge on any atom is -0.378 e. The van der Waals surface area contributed by atoms with Crippen molar-refractivity contribution in [3.63, 3.8) is 0 Å². The lowest BCUT2D eigenvalue weighted by atomic mass is 9.85. The quantitative estimate of drug-likeness (QED) is 0.319. The van der Waals surface area contributed by atoms with Gasteiger partial charge in [-0.1, -0.05) is 24.3 Å². The highest BCUT2D eigenvalue weighted by Crippen LogP contribution is 2.32. The second-order valence-electron chi connectivity index (χ2n) is 11.4. The Morgan fingerprint density at radius 3 is 2.20 bits per heavy atom. The van der Waals surface area contributed by atoms with Crippen LogP contribution in [0.1, 0.15) is 23.2 Å². The van der Waals surface area contributed by atoms with Crippen molar-refractivity contribution in [2.75, 3.05) is 73.9 Å². The van der Waals surface area contributed by atoms with Crippen LogP contribution >= 0.6 is 0 Å². The van der Waals surface area contributed by atoms with Gasteiger partial charge in [-0.15, -0.1) is 0 Å². The second kappa shape index (κ2) is 13.6. The fourth-order valence-corrected chi connectivity index (χ4v) is 6.02. The number of nitrogens with one attached hydrogen (secondary N) is 1. The van der Waals surface area contributed by atoms with Crippen LogP contribution < -0.4 is 31.5 Å². The number of anilines is 4. The van der Waals surface area contributed by atoms with Gasteiger partial charge in [0.05, 0.1) is 49.5 Å². The first kappa shape index (κ1) is 30.4. The van der Waals surface area contributed by atoms with Crippen molar-refractivity contribution in [3.8, 4) is 11.3 Å². The van der Waals surface area contributed by atoms with Gasteiger partial charge in [-0.3, -0.25) is 14.5 Å². The van der Waals surface area contributed by atoms with Crippen LogP contribution in [-0.4, -0.2) is 92.9 Å². The van der Waals surface area contributed by atoms with Crippen molar-refractivity contribution in [3.05, 3.63) is 60.2 Å². The number of urea groups is 1. The van der Waals surface area contributed by atoms with Crippen LogP contribution in [0.3, 0.4) is 0 Å². The lowest BCUT2D eigenvalue weighted by molar-refractivity contribution is -0.120. The van der Waals surface area contributed by atoms with Gasteiger partial charge in [-0.25, -0.2) is 9.78 Å². The SMILES string of the molecule is NC(=O)C1CC(C(=O)c2cccc(N(C(N)=O)c3ccc(-c4cc(N5CCOCC5)nc(N5CCOCC5)n4)cc3)c2)CCN1. The van der Waals surface area contributed by atoms with Crippen LogP contribution in [0, 0.1) is 5.92 Å². The molecule has 0 bridgehead atoms. The molecule has 45 heavy (non-hydrogen) atoms. The number of ether oxygens (including phenoxy) is 2. The molecule has 0 radical (unpaired) electrons. The molecule has 3 fully saturated rings. The first-order chi connectivity index (χ1) is 21.9. The minimum absolute atomic E-state index is 0.0970. The van der Waals surface area contributed by atoms with Crippen LogP contribution in [-0.2, 0) is 14.3 Å². The van der Waals surface area contributed by atoms with Crippen molar-refractivity contribution < 1.29 is 23.9 Å². The number of Topliss-reactive ketones (excluding diaryl/α,β-unsaturated/α-hetero) is 1. The van der Waals surface area contributed by atoms with Crippen LogP contribution in [0.2, 0.25) is 0 Å². The molecule has 3 aliphatic rings. The maximum atomic E-state index is 13.4. The zero-order chi connectivity index (χ0) is 31.3. The molecule has 13 nitrogen and oxygen atoms in total. The Kier molecular flexibility index (Phi) is 9.19. The van der Waals surface area contributed by atoms with Gasteiger partial charge < -0.3 is 36.1 Å². The van der Waals surface area contributed by atoms with E-state index < -0.39 is 18.0 Å². The van der Waals surface area contributed by atoms with Crippen molar-refractivity contribution >= 4 is 40.9 Å². The van der Waals surface area contributed by atoms with E-state index in [2.05, 4.69) is 15.1 Å².